The molecule has 2 atom stereocenters. The molecule has 0 aliphatic heterocycles. The predicted octanol–water partition coefficient (Wildman–Crippen LogP) is 2.35. The molecule has 146 valence electrons. The number of hydrogen-bond donors (Lipinski definition) is 2. The highest BCUT2D eigenvalue weighted by Gasteiger charge is 2.57. The first-order valence-electron chi connectivity index (χ1n) is 9.96. The maximum atomic E-state index is 12.8. The molecule has 1 heterocycles. The highest BCUT2D eigenvalue weighted by Crippen LogP contribution is 2.67. The average Bonchev–Trinajstić information content (AvgIpc) is 3.17. The molecule has 1 amide bonds. The zero-order valence-electron chi connectivity index (χ0n) is 15.8. The van der Waals surface area contributed by atoms with E-state index in [9.17, 15) is 14.4 Å². The molecule has 0 aromatic carbocycles. The smallest absolute Gasteiger partial charge is 0.237 e. The Balaban J connectivity index is 1.34. The summed E-state index contributed by atoms with van der Waals surface area (Å²) in [6.07, 6.45) is 6.85. The Morgan fingerprint density at radius 2 is 2.15 bits per heavy atom. The van der Waals surface area contributed by atoms with Gasteiger partial charge >= 0.3 is 0 Å². The lowest BCUT2D eigenvalue weighted by Crippen LogP contribution is -2.54. The van der Waals surface area contributed by atoms with Gasteiger partial charge in [0.25, 0.3) is 0 Å². The monoisotopic (exact) mass is 373 g/mol. The van der Waals surface area contributed by atoms with Gasteiger partial charge in [0.15, 0.2) is 5.78 Å². The fourth-order valence-corrected chi connectivity index (χ4v) is 4.98. The fourth-order valence-electron chi connectivity index (χ4n) is 4.98. The summed E-state index contributed by atoms with van der Waals surface area (Å²) in [5.41, 5.74) is 6.21. The van der Waals surface area contributed by atoms with Crippen LogP contribution in [0.2, 0.25) is 0 Å². The SMILES string of the molecule is Cc1cc(C(=O)C[C@@H](CC23CC(C2)C3)C(=O)NNC[C@@H]2CCCC2=O)no1. The molecule has 4 fully saturated rings. The van der Waals surface area contributed by atoms with Crippen molar-refractivity contribution in [3.8, 4) is 0 Å². The molecule has 0 radical (unpaired) electrons. The third-order valence-corrected chi connectivity index (χ3v) is 6.55. The summed E-state index contributed by atoms with van der Waals surface area (Å²) in [5.74, 6) is 0.946. The van der Waals surface area contributed by atoms with E-state index in [-0.39, 0.29) is 46.8 Å². The Bertz CT molecular complexity index is 739. The van der Waals surface area contributed by atoms with E-state index in [0.717, 1.165) is 25.2 Å². The summed E-state index contributed by atoms with van der Waals surface area (Å²) in [6, 6.07) is 1.61. The molecular weight excluding hydrogens is 346 g/mol. The molecular formula is C20H27N3O4. The highest BCUT2D eigenvalue weighted by atomic mass is 16.5. The third kappa shape index (κ3) is 3.83. The van der Waals surface area contributed by atoms with E-state index in [1.54, 1.807) is 13.0 Å². The second kappa shape index (κ2) is 7.19. The van der Waals surface area contributed by atoms with Gasteiger partial charge in [0, 0.05) is 37.3 Å². The number of carbonyl (C=O) groups excluding carboxylic acids is 3. The second-order valence-electron chi connectivity index (χ2n) is 8.76. The van der Waals surface area contributed by atoms with Crippen molar-refractivity contribution < 1.29 is 18.9 Å². The molecule has 0 unspecified atom stereocenters. The number of aryl methyl sites for hydroxylation is 1. The van der Waals surface area contributed by atoms with E-state index in [4.69, 9.17) is 4.52 Å². The van der Waals surface area contributed by atoms with E-state index in [2.05, 4.69) is 16.0 Å². The van der Waals surface area contributed by atoms with Crippen LogP contribution in [0.3, 0.4) is 0 Å². The summed E-state index contributed by atoms with van der Waals surface area (Å²) in [4.78, 5) is 37.0. The molecule has 5 rings (SSSR count). The van der Waals surface area contributed by atoms with Crippen molar-refractivity contribution in [2.45, 2.75) is 58.3 Å². The number of ketones is 2. The first-order valence-corrected chi connectivity index (χ1v) is 9.96. The van der Waals surface area contributed by atoms with Gasteiger partial charge < -0.3 is 4.52 Å². The number of rotatable bonds is 9. The maximum Gasteiger partial charge on any atom is 0.237 e. The molecule has 1 aromatic rings. The number of amides is 1. The van der Waals surface area contributed by atoms with Crippen LogP contribution in [0.1, 0.15) is 67.6 Å². The molecule has 7 heteroatoms. The van der Waals surface area contributed by atoms with Crippen molar-refractivity contribution in [2.75, 3.05) is 6.54 Å². The molecule has 1 aromatic heterocycles. The molecule has 7 nitrogen and oxygen atoms in total. The molecule has 2 N–H and O–H groups in total. The number of Topliss-reactive ketones (excluding diaryl/α,β-unsaturated/α-hetero) is 2. The Kier molecular flexibility index (Phi) is 4.88. The number of nitrogens with one attached hydrogen (secondary N) is 2. The van der Waals surface area contributed by atoms with Gasteiger partial charge in [-0.25, -0.2) is 5.43 Å². The Morgan fingerprint density at radius 3 is 2.70 bits per heavy atom. The van der Waals surface area contributed by atoms with Crippen LogP contribution in [0.15, 0.2) is 10.6 Å². The molecule has 4 saturated carbocycles. The summed E-state index contributed by atoms with van der Waals surface area (Å²) in [5, 5.41) is 3.78. The zero-order chi connectivity index (χ0) is 19.0. The van der Waals surface area contributed by atoms with Gasteiger partial charge in [-0.3, -0.25) is 19.8 Å². The van der Waals surface area contributed by atoms with E-state index in [1.165, 1.54) is 19.3 Å². The highest BCUT2D eigenvalue weighted by molar-refractivity contribution is 5.97. The molecule has 2 bridgehead atoms. The van der Waals surface area contributed by atoms with Crippen LogP contribution in [-0.4, -0.2) is 29.2 Å². The average molecular weight is 373 g/mol. The quantitative estimate of drug-likeness (QED) is 0.509. The minimum atomic E-state index is -0.387. The van der Waals surface area contributed by atoms with Crippen LogP contribution in [-0.2, 0) is 9.59 Å². The molecule has 27 heavy (non-hydrogen) atoms. The van der Waals surface area contributed by atoms with Crippen LogP contribution in [0.25, 0.3) is 0 Å². The number of nitrogens with zero attached hydrogens (tertiary/aromatic N) is 1. The van der Waals surface area contributed by atoms with Gasteiger partial charge in [-0.1, -0.05) is 5.16 Å². The fraction of sp³-hybridized carbons (Fsp3) is 0.700. The van der Waals surface area contributed by atoms with Crippen LogP contribution >= 0.6 is 0 Å². The molecule has 4 aliphatic carbocycles. The predicted molar refractivity (Wildman–Crippen MR) is 96.6 cm³/mol. The standard InChI is InChI=1S/C20H27N3O4/c1-12-5-16(23-27-12)18(25)6-15(10-20-7-13(8-20)9-20)19(26)22-21-11-14-3-2-4-17(14)24/h5,13-15,21H,2-4,6-11H2,1H3,(H,22,26)/t13?,14-,15-,20?/m0/s1. The Hall–Kier alpha value is -2.02. The zero-order valence-corrected chi connectivity index (χ0v) is 15.8. The van der Waals surface area contributed by atoms with E-state index >= 15 is 0 Å². The number of hydrazine groups is 1. The summed E-state index contributed by atoms with van der Waals surface area (Å²) >= 11 is 0. The summed E-state index contributed by atoms with van der Waals surface area (Å²) < 4.78 is 4.99. The topological polar surface area (TPSA) is 101 Å². The van der Waals surface area contributed by atoms with Crippen molar-refractivity contribution >= 4 is 17.5 Å². The third-order valence-electron chi connectivity index (χ3n) is 6.55. The van der Waals surface area contributed by atoms with Gasteiger partial charge in [0.2, 0.25) is 5.91 Å². The molecule has 4 aliphatic rings. The number of hydrogen-bond acceptors (Lipinski definition) is 6. The van der Waals surface area contributed by atoms with Gasteiger partial charge in [0.05, 0.1) is 0 Å². The minimum absolute atomic E-state index is 0.0129. The van der Waals surface area contributed by atoms with Crippen LogP contribution in [0.4, 0.5) is 0 Å². The molecule has 0 saturated heterocycles. The number of aromatic nitrogens is 1. The van der Waals surface area contributed by atoms with E-state index in [1.807, 2.05) is 0 Å². The Morgan fingerprint density at radius 1 is 1.37 bits per heavy atom. The lowest BCUT2D eigenvalue weighted by atomic mass is 9.42. The first kappa shape index (κ1) is 18.3. The summed E-state index contributed by atoms with van der Waals surface area (Å²) in [7, 11) is 0. The van der Waals surface area contributed by atoms with E-state index in [0.29, 0.717) is 18.7 Å². The lowest BCUT2D eigenvalue weighted by Gasteiger charge is -2.63. The lowest BCUT2D eigenvalue weighted by molar-refractivity contribution is -0.142. The van der Waals surface area contributed by atoms with Crippen molar-refractivity contribution in [2.24, 2.45) is 23.2 Å². The van der Waals surface area contributed by atoms with Crippen molar-refractivity contribution in [3.63, 3.8) is 0 Å². The largest absolute Gasteiger partial charge is 0.361 e. The minimum Gasteiger partial charge on any atom is -0.361 e. The maximum absolute atomic E-state index is 12.8. The van der Waals surface area contributed by atoms with E-state index < -0.39 is 0 Å². The van der Waals surface area contributed by atoms with Crippen LogP contribution in [0.5, 0.6) is 0 Å². The number of carbonyl (C=O) groups is 3. The van der Waals surface area contributed by atoms with Gasteiger partial charge in [0.1, 0.15) is 17.2 Å². The van der Waals surface area contributed by atoms with Crippen molar-refractivity contribution in [1.82, 2.24) is 16.0 Å². The van der Waals surface area contributed by atoms with Crippen LogP contribution in [0, 0.1) is 30.1 Å². The Labute approximate surface area is 158 Å². The first-order chi connectivity index (χ1) is 12.9. The second-order valence-corrected chi connectivity index (χ2v) is 8.76. The van der Waals surface area contributed by atoms with Crippen molar-refractivity contribution in [1.29, 1.82) is 0 Å². The van der Waals surface area contributed by atoms with Gasteiger partial charge in [-0.05, 0) is 56.8 Å². The van der Waals surface area contributed by atoms with Gasteiger partial charge in [-0.15, -0.1) is 0 Å². The van der Waals surface area contributed by atoms with Crippen LogP contribution < -0.4 is 10.9 Å². The molecule has 0 spiro atoms. The van der Waals surface area contributed by atoms with Gasteiger partial charge in [-0.2, -0.15) is 0 Å². The summed E-state index contributed by atoms with van der Waals surface area (Å²) in [6.45, 7) is 2.20. The normalized spacial score (nSPS) is 29.7. The van der Waals surface area contributed by atoms with Crippen molar-refractivity contribution in [3.05, 3.63) is 17.5 Å².